The number of amides is 1. The summed E-state index contributed by atoms with van der Waals surface area (Å²) in [6.07, 6.45) is 4.15. The summed E-state index contributed by atoms with van der Waals surface area (Å²) in [7, 11) is 0. The quantitative estimate of drug-likeness (QED) is 0.770. The summed E-state index contributed by atoms with van der Waals surface area (Å²) in [6.45, 7) is 5.78. The number of anilines is 2. The second-order valence-electron chi connectivity index (χ2n) is 7.04. The number of aromatic nitrogens is 4. The molecule has 1 N–H and O–H groups in total. The van der Waals surface area contributed by atoms with Crippen molar-refractivity contribution in [2.24, 2.45) is 5.92 Å². The number of para-hydroxylation sites is 1. The number of carbonyl (C=O) groups excluding carboxylic acids is 1. The first-order valence-corrected chi connectivity index (χ1v) is 9.47. The Morgan fingerprint density at radius 2 is 2.04 bits per heavy atom. The molecule has 0 spiro atoms. The van der Waals surface area contributed by atoms with Gasteiger partial charge >= 0.3 is 0 Å². The van der Waals surface area contributed by atoms with Crippen molar-refractivity contribution in [2.45, 2.75) is 33.1 Å². The fourth-order valence-electron chi connectivity index (χ4n) is 3.69. The summed E-state index contributed by atoms with van der Waals surface area (Å²) in [6, 6.07) is 10.0. The zero-order valence-corrected chi connectivity index (χ0v) is 15.7. The third kappa shape index (κ3) is 3.49. The van der Waals surface area contributed by atoms with E-state index in [1.165, 1.54) is 5.56 Å². The first kappa shape index (κ1) is 17.5. The molecule has 7 nitrogen and oxygen atoms in total. The summed E-state index contributed by atoms with van der Waals surface area (Å²) < 4.78 is 1.68. The molecule has 3 heterocycles. The second-order valence-corrected chi connectivity index (χ2v) is 7.04. The normalized spacial score (nSPS) is 15.3. The standard InChI is InChI=1S/C20H24N6O/c1-3-15-6-4-5-14(2)19(15)22-20(27)16-9-11-25(12-10-16)18-8-7-17-23-21-13-26(17)24-18/h4-8,13,16H,3,9-12H2,1-2H3,(H,22,27). The van der Waals surface area contributed by atoms with Crippen molar-refractivity contribution in [2.75, 3.05) is 23.3 Å². The predicted molar refractivity (Wildman–Crippen MR) is 105 cm³/mol. The lowest BCUT2D eigenvalue weighted by Gasteiger charge is -2.32. The van der Waals surface area contributed by atoms with Gasteiger partial charge < -0.3 is 10.2 Å². The van der Waals surface area contributed by atoms with Gasteiger partial charge in [-0.25, -0.2) is 0 Å². The maximum absolute atomic E-state index is 12.8. The van der Waals surface area contributed by atoms with E-state index in [1.807, 2.05) is 31.2 Å². The monoisotopic (exact) mass is 364 g/mol. The van der Waals surface area contributed by atoms with Gasteiger partial charge in [-0.05, 0) is 49.4 Å². The Hall–Kier alpha value is -2.96. The summed E-state index contributed by atoms with van der Waals surface area (Å²) in [5.41, 5.74) is 4.02. The summed E-state index contributed by atoms with van der Waals surface area (Å²) in [4.78, 5) is 15.0. The number of nitrogens with one attached hydrogen (secondary N) is 1. The second kappa shape index (κ2) is 7.34. The number of hydrogen-bond donors (Lipinski definition) is 1. The Kier molecular flexibility index (Phi) is 4.75. The summed E-state index contributed by atoms with van der Waals surface area (Å²) in [5, 5.41) is 15.6. The van der Waals surface area contributed by atoms with E-state index in [-0.39, 0.29) is 11.8 Å². The third-order valence-electron chi connectivity index (χ3n) is 5.33. The lowest BCUT2D eigenvalue weighted by Crippen LogP contribution is -2.38. The number of piperidine rings is 1. The van der Waals surface area contributed by atoms with Crippen LogP contribution in [0.2, 0.25) is 0 Å². The number of hydrogen-bond acceptors (Lipinski definition) is 5. The molecule has 2 aromatic heterocycles. The molecule has 7 heteroatoms. The molecule has 1 aliphatic rings. The zero-order valence-electron chi connectivity index (χ0n) is 15.7. The fourth-order valence-corrected chi connectivity index (χ4v) is 3.69. The molecule has 1 saturated heterocycles. The average Bonchev–Trinajstić information content (AvgIpc) is 3.17. The minimum Gasteiger partial charge on any atom is -0.355 e. The van der Waals surface area contributed by atoms with E-state index >= 15 is 0 Å². The molecule has 4 rings (SSSR count). The smallest absolute Gasteiger partial charge is 0.227 e. The molecule has 0 saturated carbocycles. The van der Waals surface area contributed by atoms with Crippen LogP contribution in [0.3, 0.4) is 0 Å². The van der Waals surface area contributed by atoms with Crippen LogP contribution in [0.1, 0.15) is 30.9 Å². The van der Waals surface area contributed by atoms with E-state index in [0.717, 1.165) is 55.1 Å². The van der Waals surface area contributed by atoms with Gasteiger partial charge in [-0.3, -0.25) is 4.79 Å². The van der Waals surface area contributed by atoms with Crippen LogP contribution in [0, 0.1) is 12.8 Å². The van der Waals surface area contributed by atoms with Gasteiger partial charge in [0.25, 0.3) is 0 Å². The van der Waals surface area contributed by atoms with E-state index in [1.54, 1.807) is 10.8 Å². The Bertz CT molecular complexity index is 958. The van der Waals surface area contributed by atoms with Gasteiger partial charge in [0.2, 0.25) is 5.91 Å². The molecular formula is C20H24N6O. The number of benzene rings is 1. The molecule has 140 valence electrons. The van der Waals surface area contributed by atoms with Crippen molar-refractivity contribution >= 4 is 23.1 Å². The van der Waals surface area contributed by atoms with Crippen LogP contribution in [0.15, 0.2) is 36.7 Å². The lowest BCUT2D eigenvalue weighted by molar-refractivity contribution is -0.120. The highest BCUT2D eigenvalue weighted by Crippen LogP contribution is 2.26. The lowest BCUT2D eigenvalue weighted by atomic mass is 9.95. The minimum atomic E-state index is 0.0317. The van der Waals surface area contributed by atoms with Crippen LogP contribution in [0.25, 0.3) is 5.65 Å². The minimum absolute atomic E-state index is 0.0317. The topological polar surface area (TPSA) is 75.4 Å². The molecule has 0 radical (unpaired) electrons. The molecule has 0 bridgehead atoms. The number of nitrogens with zero attached hydrogens (tertiary/aromatic N) is 5. The highest BCUT2D eigenvalue weighted by molar-refractivity contribution is 5.94. The van der Waals surface area contributed by atoms with Crippen LogP contribution >= 0.6 is 0 Å². The largest absolute Gasteiger partial charge is 0.355 e. The Morgan fingerprint density at radius 1 is 1.22 bits per heavy atom. The molecule has 0 unspecified atom stereocenters. The highest BCUT2D eigenvalue weighted by atomic mass is 16.1. The van der Waals surface area contributed by atoms with Gasteiger partial charge in [-0.15, -0.1) is 15.3 Å². The molecule has 1 aromatic carbocycles. The maximum atomic E-state index is 12.8. The molecule has 0 atom stereocenters. The molecule has 0 aliphatic carbocycles. The molecule has 1 aliphatic heterocycles. The van der Waals surface area contributed by atoms with Crippen molar-refractivity contribution in [1.29, 1.82) is 0 Å². The van der Waals surface area contributed by atoms with E-state index < -0.39 is 0 Å². The summed E-state index contributed by atoms with van der Waals surface area (Å²) in [5.74, 6) is 1.05. The van der Waals surface area contributed by atoms with Crippen molar-refractivity contribution in [1.82, 2.24) is 19.8 Å². The van der Waals surface area contributed by atoms with Crippen LogP contribution in [0.4, 0.5) is 11.5 Å². The van der Waals surface area contributed by atoms with Crippen molar-refractivity contribution < 1.29 is 4.79 Å². The zero-order chi connectivity index (χ0) is 18.8. The molecular weight excluding hydrogens is 340 g/mol. The SMILES string of the molecule is CCc1cccc(C)c1NC(=O)C1CCN(c2ccc3nncn3n2)CC1. The van der Waals surface area contributed by atoms with Crippen LogP contribution < -0.4 is 10.2 Å². The fraction of sp³-hybridized carbons (Fsp3) is 0.400. The molecule has 27 heavy (non-hydrogen) atoms. The highest BCUT2D eigenvalue weighted by Gasteiger charge is 2.26. The van der Waals surface area contributed by atoms with Crippen molar-refractivity contribution in [3.05, 3.63) is 47.8 Å². The van der Waals surface area contributed by atoms with Gasteiger partial charge in [0.15, 0.2) is 5.65 Å². The first-order valence-electron chi connectivity index (χ1n) is 9.47. The number of aryl methyl sites for hydroxylation is 2. The maximum Gasteiger partial charge on any atom is 0.227 e. The van der Waals surface area contributed by atoms with E-state index in [9.17, 15) is 4.79 Å². The van der Waals surface area contributed by atoms with Crippen LogP contribution in [-0.2, 0) is 11.2 Å². The van der Waals surface area contributed by atoms with Crippen molar-refractivity contribution in [3.8, 4) is 0 Å². The number of carbonyl (C=O) groups is 1. The molecule has 3 aromatic rings. The van der Waals surface area contributed by atoms with Gasteiger partial charge in [-0.1, -0.05) is 25.1 Å². The average molecular weight is 364 g/mol. The number of fused-ring (bicyclic) bond motifs is 1. The van der Waals surface area contributed by atoms with E-state index in [2.05, 4.69) is 38.5 Å². The van der Waals surface area contributed by atoms with Gasteiger partial charge in [-0.2, -0.15) is 4.52 Å². The Balaban J connectivity index is 1.41. The summed E-state index contributed by atoms with van der Waals surface area (Å²) >= 11 is 0. The first-order chi connectivity index (χ1) is 13.2. The van der Waals surface area contributed by atoms with Gasteiger partial charge in [0, 0.05) is 24.7 Å². The Morgan fingerprint density at radius 3 is 2.81 bits per heavy atom. The number of rotatable bonds is 4. The van der Waals surface area contributed by atoms with Gasteiger partial charge in [0.05, 0.1) is 0 Å². The third-order valence-corrected chi connectivity index (χ3v) is 5.33. The Labute approximate surface area is 158 Å². The molecule has 1 fully saturated rings. The van der Waals surface area contributed by atoms with E-state index in [0.29, 0.717) is 0 Å². The predicted octanol–water partition coefficient (Wildman–Crippen LogP) is 2.85. The molecule has 1 amide bonds. The van der Waals surface area contributed by atoms with E-state index in [4.69, 9.17) is 0 Å². The van der Waals surface area contributed by atoms with Crippen molar-refractivity contribution in [3.63, 3.8) is 0 Å². The van der Waals surface area contributed by atoms with Gasteiger partial charge in [0.1, 0.15) is 12.1 Å². The van der Waals surface area contributed by atoms with Crippen LogP contribution in [-0.4, -0.2) is 38.8 Å². The van der Waals surface area contributed by atoms with Crippen LogP contribution in [0.5, 0.6) is 0 Å².